The van der Waals surface area contributed by atoms with Gasteiger partial charge in [0.15, 0.2) is 0 Å². The second-order valence-corrected chi connectivity index (χ2v) is 5.69. The van der Waals surface area contributed by atoms with Crippen LogP contribution in [0.15, 0.2) is 67.0 Å². The number of aryl methyl sites for hydroxylation is 1. The zero-order chi connectivity index (χ0) is 16.9. The zero-order valence-corrected chi connectivity index (χ0v) is 13.5. The van der Waals surface area contributed by atoms with Gasteiger partial charge in [-0.3, -0.25) is 9.78 Å². The molecule has 0 atom stereocenters. The van der Waals surface area contributed by atoms with Crippen molar-refractivity contribution in [3.05, 3.63) is 83.7 Å². The molecule has 4 heteroatoms. The van der Waals surface area contributed by atoms with Crippen molar-refractivity contribution in [2.45, 2.75) is 13.5 Å². The molecule has 0 aliphatic carbocycles. The Morgan fingerprint density at radius 3 is 2.58 bits per heavy atom. The summed E-state index contributed by atoms with van der Waals surface area (Å²) in [5.74, 6) is -0.413. The summed E-state index contributed by atoms with van der Waals surface area (Å²) in [5.41, 5.74) is 11.1. The van der Waals surface area contributed by atoms with Crippen molar-refractivity contribution in [3.8, 4) is 11.1 Å². The number of nitrogens with two attached hydrogens (primary N) is 1. The van der Waals surface area contributed by atoms with Crippen LogP contribution in [0.5, 0.6) is 0 Å². The third-order valence-corrected chi connectivity index (χ3v) is 3.96. The average Bonchev–Trinajstić information content (AvgIpc) is 2.62. The Balaban J connectivity index is 1.78. The van der Waals surface area contributed by atoms with Crippen molar-refractivity contribution in [2.75, 3.05) is 5.32 Å². The highest BCUT2D eigenvalue weighted by Crippen LogP contribution is 2.21. The Hall–Kier alpha value is -3.14. The number of pyridine rings is 1. The lowest BCUT2D eigenvalue weighted by atomic mass is 10.0. The molecule has 0 saturated carbocycles. The van der Waals surface area contributed by atoms with E-state index in [1.807, 2.05) is 43.5 Å². The second-order valence-electron chi connectivity index (χ2n) is 5.69. The standard InChI is InChI=1S/C20H19N3O/c1-14-7-8-16(20(21)24)9-17(14)12-23-19-10-18(11-22-13-19)15-5-3-2-4-6-15/h2-11,13,23H,12H2,1H3,(H2,21,24). The molecule has 0 saturated heterocycles. The Labute approximate surface area is 141 Å². The predicted molar refractivity (Wildman–Crippen MR) is 96.7 cm³/mol. The van der Waals surface area contributed by atoms with Crippen LogP contribution in [0.2, 0.25) is 0 Å². The van der Waals surface area contributed by atoms with Gasteiger partial charge < -0.3 is 11.1 Å². The maximum atomic E-state index is 11.3. The minimum Gasteiger partial charge on any atom is -0.380 e. The van der Waals surface area contributed by atoms with E-state index in [1.165, 1.54) is 0 Å². The number of benzene rings is 2. The van der Waals surface area contributed by atoms with E-state index in [-0.39, 0.29) is 0 Å². The van der Waals surface area contributed by atoms with Crippen LogP contribution in [0.3, 0.4) is 0 Å². The molecule has 0 aliphatic heterocycles. The minimum atomic E-state index is -0.413. The number of carbonyl (C=O) groups excluding carboxylic acids is 1. The van der Waals surface area contributed by atoms with Crippen molar-refractivity contribution in [2.24, 2.45) is 5.73 Å². The number of carbonyl (C=O) groups is 1. The molecule has 0 radical (unpaired) electrons. The first-order valence-electron chi connectivity index (χ1n) is 7.77. The van der Waals surface area contributed by atoms with Gasteiger partial charge in [0, 0.05) is 30.1 Å². The maximum absolute atomic E-state index is 11.3. The number of hydrogen-bond acceptors (Lipinski definition) is 3. The van der Waals surface area contributed by atoms with Crippen molar-refractivity contribution < 1.29 is 4.79 Å². The van der Waals surface area contributed by atoms with Gasteiger partial charge >= 0.3 is 0 Å². The van der Waals surface area contributed by atoms with E-state index in [9.17, 15) is 4.79 Å². The number of aromatic nitrogens is 1. The van der Waals surface area contributed by atoms with Gasteiger partial charge in [0.2, 0.25) is 5.91 Å². The lowest BCUT2D eigenvalue weighted by Crippen LogP contribution is -2.12. The molecule has 1 aromatic heterocycles. The highest BCUT2D eigenvalue weighted by atomic mass is 16.1. The quantitative estimate of drug-likeness (QED) is 0.752. The van der Waals surface area contributed by atoms with Crippen molar-refractivity contribution in [3.63, 3.8) is 0 Å². The normalized spacial score (nSPS) is 10.4. The molecule has 3 aromatic rings. The van der Waals surface area contributed by atoms with Gasteiger partial charge in [-0.25, -0.2) is 0 Å². The topological polar surface area (TPSA) is 68.0 Å². The van der Waals surface area contributed by atoms with Crippen molar-refractivity contribution in [1.29, 1.82) is 0 Å². The maximum Gasteiger partial charge on any atom is 0.248 e. The van der Waals surface area contributed by atoms with Gasteiger partial charge in [-0.05, 0) is 41.8 Å². The number of anilines is 1. The Morgan fingerprint density at radius 1 is 1.04 bits per heavy atom. The number of rotatable bonds is 5. The smallest absolute Gasteiger partial charge is 0.248 e. The Kier molecular flexibility index (Phi) is 4.57. The lowest BCUT2D eigenvalue weighted by Gasteiger charge is -2.11. The summed E-state index contributed by atoms with van der Waals surface area (Å²) in [6, 6.07) is 17.7. The van der Waals surface area contributed by atoms with E-state index < -0.39 is 5.91 Å². The highest BCUT2D eigenvalue weighted by molar-refractivity contribution is 5.93. The number of hydrogen-bond donors (Lipinski definition) is 2. The van der Waals surface area contributed by atoms with Crippen LogP contribution in [0.1, 0.15) is 21.5 Å². The first-order valence-corrected chi connectivity index (χ1v) is 7.77. The third kappa shape index (κ3) is 3.60. The fourth-order valence-electron chi connectivity index (χ4n) is 2.54. The molecule has 24 heavy (non-hydrogen) atoms. The number of amides is 1. The molecule has 3 N–H and O–H groups in total. The molecule has 1 amide bonds. The fraction of sp³-hybridized carbons (Fsp3) is 0.100. The molecule has 2 aromatic carbocycles. The molecule has 0 bridgehead atoms. The minimum absolute atomic E-state index is 0.413. The van der Waals surface area contributed by atoms with Crippen molar-refractivity contribution in [1.82, 2.24) is 4.98 Å². The number of primary amides is 1. The molecular weight excluding hydrogens is 298 g/mol. The summed E-state index contributed by atoms with van der Waals surface area (Å²) in [5, 5.41) is 3.36. The molecule has 0 spiro atoms. The molecule has 0 unspecified atom stereocenters. The highest BCUT2D eigenvalue weighted by Gasteiger charge is 2.05. The first kappa shape index (κ1) is 15.7. The van der Waals surface area contributed by atoms with Crippen LogP contribution < -0.4 is 11.1 Å². The number of nitrogens with zero attached hydrogens (tertiary/aromatic N) is 1. The number of nitrogens with one attached hydrogen (secondary N) is 1. The molecule has 0 aliphatic rings. The molecule has 3 rings (SSSR count). The van der Waals surface area contributed by atoms with E-state index in [1.54, 1.807) is 12.3 Å². The SMILES string of the molecule is Cc1ccc(C(N)=O)cc1CNc1cncc(-c2ccccc2)c1. The molecular formula is C20H19N3O. The van der Waals surface area contributed by atoms with E-state index in [4.69, 9.17) is 5.73 Å². The van der Waals surface area contributed by atoms with Gasteiger partial charge in [0.1, 0.15) is 0 Å². The largest absolute Gasteiger partial charge is 0.380 e. The van der Waals surface area contributed by atoms with Crippen LogP contribution in [-0.2, 0) is 6.54 Å². The van der Waals surface area contributed by atoms with Gasteiger partial charge in [-0.1, -0.05) is 36.4 Å². The van der Waals surface area contributed by atoms with Crippen molar-refractivity contribution >= 4 is 11.6 Å². The van der Waals surface area contributed by atoms with Gasteiger partial charge in [-0.2, -0.15) is 0 Å². The molecule has 0 fully saturated rings. The summed E-state index contributed by atoms with van der Waals surface area (Å²) in [6.45, 7) is 2.62. The summed E-state index contributed by atoms with van der Waals surface area (Å²) >= 11 is 0. The second kappa shape index (κ2) is 6.96. The third-order valence-electron chi connectivity index (χ3n) is 3.96. The van der Waals surface area contributed by atoms with Crippen LogP contribution in [0.4, 0.5) is 5.69 Å². The average molecular weight is 317 g/mol. The Morgan fingerprint density at radius 2 is 1.83 bits per heavy atom. The first-order chi connectivity index (χ1) is 11.6. The monoisotopic (exact) mass is 317 g/mol. The Bertz CT molecular complexity index is 860. The molecule has 120 valence electrons. The van der Waals surface area contributed by atoms with Crippen LogP contribution >= 0.6 is 0 Å². The predicted octanol–water partition coefficient (Wildman–Crippen LogP) is 3.77. The van der Waals surface area contributed by atoms with E-state index in [2.05, 4.69) is 28.5 Å². The van der Waals surface area contributed by atoms with Gasteiger partial charge in [0.25, 0.3) is 0 Å². The molecule has 4 nitrogen and oxygen atoms in total. The van der Waals surface area contributed by atoms with Gasteiger partial charge in [-0.15, -0.1) is 0 Å². The van der Waals surface area contributed by atoms with E-state index in [0.717, 1.165) is 27.9 Å². The van der Waals surface area contributed by atoms with Crippen LogP contribution in [-0.4, -0.2) is 10.9 Å². The fourth-order valence-corrected chi connectivity index (χ4v) is 2.54. The van der Waals surface area contributed by atoms with Gasteiger partial charge in [0.05, 0.1) is 5.69 Å². The van der Waals surface area contributed by atoms with Crippen LogP contribution in [0, 0.1) is 6.92 Å². The van der Waals surface area contributed by atoms with E-state index in [0.29, 0.717) is 12.1 Å². The molecule has 1 heterocycles. The summed E-state index contributed by atoms with van der Waals surface area (Å²) in [6.07, 6.45) is 3.64. The zero-order valence-electron chi connectivity index (χ0n) is 13.5. The van der Waals surface area contributed by atoms with Crippen LogP contribution in [0.25, 0.3) is 11.1 Å². The summed E-state index contributed by atoms with van der Waals surface area (Å²) < 4.78 is 0. The summed E-state index contributed by atoms with van der Waals surface area (Å²) in [7, 11) is 0. The summed E-state index contributed by atoms with van der Waals surface area (Å²) in [4.78, 5) is 15.6. The lowest BCUT2D eigenvalue weighted by molar-refractivity contribution is 0.1000. The van der Waals surface area contributed by atoms with E-state index >= 15 is 0 Å².